The summed E-state index contributed by atoms with van der Waals surface area (Å²) in [6, 6.07) is -1.98. The molecule has 0 aliphatic carbocycles. The van der Waals surface area contributed by atoms with Gasteiger partial charge in [0.25, 0.3) is 11.6 Å². The number of nitrogens with one attached hydrogen (secondary N) is 1. The van der Waals surface area contributed by atoms with Crippen molar-refractivity contribution in [1.29, 1.82) is 0 Å². The average Bonchev–Trinajstić information content (AvgIpc) is 0.735. The number of carbonyl (C=O) groups is 3. The molecule has 8 aliphatic heterocycles. The molecule has 45 atom stereocenters. The highest BCUT2D eigenvalue weighted by molar-refractivity contribution is 5.77. The second-order valence-electron chi connectivity index (χ2n) is 27.1. The van der Waals surface area contributed by atoms with E-state index in [1.165, 1.54) is 0 Å². The monoisotopic (exact) mass is 1610 g/mol. The highest BCUT2D eigenvalue weighted by Crippen LogP contribution is 2.44. The molecule has 0 aromatic rings. The first-order valence-electron chi connectivity index (χ1n) is 33.7. The predicted octanol–water partition coefficient (Wildman–Crippen LogP) is -22.2. The first-order chi connectivity index (χ1) is 51.1. The van der Waals surface area contributed by atoms with Gasteiger partial charge in [0.2, 0.25) is 5.91 Å². The number of carboxylic acid groups (broad SMARTS) is 2. The molecular formula is C58H97NO50. The van der Waals surface area contributed by atoms with E-state index >= 15 is 0 Å². The molecule has 0 aromatic carbocycles. The highest BCUT2D eigenvalue weighted by Gasteiger charge is 2.67. The van der Waals surface area contributed by atoms with Gasteiger partial charge in [-0.25, -0.2) is 9.59 Å². The van der Waals surface area contributed by atoms with E-state index in [9.17, 15) is 178 Å². The molecule has 8 fully saturated rings. The summed E-state index contributed by atoms with van der Waals surface area (Å²) < 4.78 is 85.2. The molecule has 0 bridgehead atoms. The second-order valence-corrected chi connectivity index (χ2v) is 27.1. The second kappa shape index (κ2) is 38.1. The maximum absolute atomic E-state index is 13.4. The quantitative estimate of drug-likeness (QED) is 0.0306. The van der Waals surface area contributed by atoms with Crippen LogP contribution in [-0.4, -0.2) is 509 Å². The van der Waals surface area contributed by atoms with E-state index in [0.29, 0.717) is 0 Å². The Morgan fingerprint density at radius 1 is 0.385 bits per heavy atom. The molecule has 8 rings (SSSR count). The van der Waals surface area contributed by atoms with Gasteiger partial charge >= 0.3 is 11.9 Å². The van der Waals surface area contributed by atoms with Crippen LogP contribution in [0.3, 0.4) is 0 Å². The van der Waals surface area contributed by atoms with Crippen LogP contribution in [0.1, 0.15) is 13.3 Å². The Kier molecular flexibility index (Phi) is 31.9. The molecule has 51 heteroatoms. The van der Waals surface area contributed by atoms with Crippen molar-refractivity contribution < 1.29 is 249 Å². The Morgan fingerprint density at radius 2 is 0.771 bits per heavy atom. The van der Waals surface area contributed by atoms with Gasteiger partial charge in [0.15, 0.2) is 37.7 Å². The molecule has 33 N–H and O–H groups in total. The fourth-order valence-electron chi connectivity index (χ4n) is 13.5. The zero-order chi connectivity index (χ0) is 81.2. The normalized spacial score (nSPS) is 48.3. The maximum Gasteiger partial charge on any atom is 0.367 e. The summed E-state index contributed by atoms with van der Waals surface area (Å²) >= 11 is 0. The van der Waals surface area contributed by atoms with Crippen LogP contribution in [0.25, 0.3) is 0 Å². The first kappa shape index (κ1) is 91.1. The number of carbonyl (C=O) groups excluding carboxylic acids is 1. The molecule has 0 spiro atoms. The number of hydrogen-bond donors (Lipinski definition) is 33. The number of aliphatic carboxylic acids is 2. The van der Waals surface area contributed by atoms with Crippen LogP contribution in [0.4, 0.5) is 0 Å². The Hall–Kier alpha value is -3.39. The van der Waals surface area contributed by atoms with Crippen LogP contribution in [0.2, 0.25) is 0 Å². The lowest BCUT2D eigenvalue weighted by molar-refractivity contribution is -0.425. The van der Waals surface area contributed by atoms with Gasteiger partial charge in [0.05, 0.1) is 59.0 Å². The SMILES string of the molecule is CC(=O)N[C@H]1[C@H](O[C@@H]2[C@H](O)[C@@H](O[C@@H]3[C@H](O)[C@@H](O[C@H]4[C@@H]([C@H](O)CO)O[C@@](O)(C(=O)O)[C@@H](O)[C@H]4O[C@]4(C(=O)O)C[C@@H](O)[C@@H](O)[C@@H]([C@H](O)CO)O4)O[C@H]([C@@H](O)CO)[C@H]3O[C@@H]3O[C@H](CO)[C@@H](O)[C@H](O)[C@H]3O)O[C@H]([C@@H](O)CO[C@H]3O[C@H]([C@@H](O)CO[C@H]4O[C@H]([C@H](O)CO)[C@@H](O)[C@H](O)[C@@H]4O)[C@@H](O)[C@H](O)[C@@H]3O)[C@H]2O)O[C@H](CO)[C@@H](O)[C@@H]1O. The van der Waals surface area contributed by atoms with Gasteiger partial charge in [-0.3, -0.25) is 4.79 Å². The Bertz CT molecular complexity index is 2870. The van der Waals surface area contributed by atoms with Crippen molar-refractivity contribution in [3.05, 3.63) is 0 Å². The fraction of sp³-hybridized carbons (Fsp3) is 0.948. The first-order valence-corrected chi connectivity index (χ1v) is 33.7. The van der Waals surface area contributed by atoms with Gasteiger partial charge in [-0.1, -0.05) is 0 Å². The minimum atomic E-state index is -4.16. The van der Waals surface area contributed by atoms with Crippen LogP contribution in [0.5, 0.6) is 0 Å². The minimum absolute atomic E-state index is 0.877. The van der Waals surface area contributed by atoms with Crippen molar-refractivity contribution >= 4 is 17.8 Å². The van der Waals surface area contributed by atoms with E-state index in [1.54, 1.807) is 0 Å². The summed E-state index contributed by atoms with van der Waals surface area (Å²) in [7, 11) is 0. The zero-order valence-electron chi connectivity index (χ0n) is 56.8. The largest absolute Gasteiger partial charge is 0.477 e. The summed E-state index contributed by atoms with van der Waals surface area (Å²) in [6.07, 6.45) is -104. The third kappa shape index (κ3) is 19.0. The van der Waals surface area contributed by atoms with Crippen LogP contribution in [0, 0.1) is 0 Å². The van der Waals surface area contributed by atoms with Gasteiger partial charge in [0.1, 0.15) is 220 Å². The van der Waals surface area contributed by atoms with Gasteiger partial charge in [-0.05, 0) is 0 Å². The third-order valence-corrected chi connectivity index (χ3v) is 19.7. The van der Waals surface area contributed by atoms with Crippen molar-refractivity contribution in [2.75, 3.05) is 52.9 Å². The Labute approximate surface area is 612 Å². The third-order valence-electron chi connectivity index (χ3n) is 19.7. The number of aliphatic hydroxyl groups excluding tert-OH is 29. The van der Waals surface area contributed by atoms with E-state index in [0.717, 1.165) is 6.92 Å². The number of amides is 1. The van der Waals surface area contributed by atoms with E-state index < -0.39 is 352 Å². The summed E-state index contributed by atoms with van der Waals surface area (Å²) in [5.74, 6) is -13.8. The van der Waals surface area contributed by atoms with E-state index in [4.69, 9.17) is 71.1 Å². The topological polar surface area (TPSA) is 849 Å². The molecule has 109 heavy (non-hydrogen) atoms. The molecule has 8 aliphatic rings. The lowest BCUT2D eigenvalue weighted by Crippen LogP contribution is -2.74. The average molecular weight is 1610 g/mol. The van der Waals surface area contributed by atoms with Crippen LogP contribution in [0.15, 0.2) is 0 Å². The predicted molar refractivity (Wildman–Crippen MR) is 324 cm³/mol. The number of ether oxygens (including phenoxy) is 15. The summed E-state index contributed by atoms with van der Waals surface area (Å²) in [6.45, 7) is -9.53. The Balaban J connectivity index is 1.20. The van der Waals surface area contributed by atoms with E-state index in [-0.39, 0.29) is 0 Å². The summed E-state index contributed by atoms with van der Waals surface area (Å²) in [5.41, 5.74) is 0. The van der Waals surface area contributed by atoms with Gasteiger partial charge in [-0.15, -0.1) is 0 Å². The maximum atomic E-state index is 13.4. The molecule has 0 saturated carbocycles. The van der Waals surface area contributed by atoms with Crippen LogP contribution in [-0.2, 0) is 85.4 Å². The molecule has 634 valence electrons. The van der Waals surface area contributed by atoms with E-state index in [2.05, 4.69) is 5.32 Å². The van der Waals surface area contributed by atoms with Crippen molar-refractivity contribution in [3.8, 4) is 0 Å². The smallest absolute Gasteiger partial charge is 0.367 e. The number of rotatable bonds is 31. The lowest BCUT2D eigenvalue weighted by atomic mass is 9.88. The van der Waals surface area contributed by atoms with Crippen molar-refractivity contribution in [3.63, 3.8) is 0 Å². The number of hydrogen-bond acceptors (Lipinski definition) is 48. The zero-order valence-corrected chi connectivity index (χ0v) is 56.8. The van der Waals surface area contributed by atoms with Crippen LogP contribution >= 0.6 is 0 Å². The van der Waals surface area contributed by atoms with Crippen LogP contribution < -0.4 is 5.32 Å². The molecular weight excluding hydrogens is 1510 g/mol. The molecule has 8 heterocycles. The van der Waals surface area contributed by atoms with Crippen molar-refractivity contribution in [1.82, 2.24) is 5.32 Å². The molecule has 1 amide bonds. The summed E-state index contributed by atoms with van der Waals surface area (Å²) in [5, 5.41) is 353. The Morgan fingerprint density at radius 3 is 1.26 bits per heavy atom. The van der Waals surface area contributed by atoms with Gasteiger partial charge < -0.3 is 240 Å². The lowest BCUT2D eigenvalue weighted by Gasteiger charge is -2.53. The molecule has 51 nitrogen and oxygen atoms in total. The van der Waals surface area contributed by atoms with Gasteiger partial charge in [0, 0.05) is 13.3 Å². The number of aliphatic hydroxyl groups is 30. The van der Waals surface area contributed by atoms with Gasteiger partial charge in [-0.2, -0.15) is 0 Å². The van der Waals surface area contributed by atoms with E-state index in [1.807, 2.05) is 0 Å². The summed E-state index contributed by atoms with van der Waals surface area (Å²) in [4.78, 5) is 38.9. The fourth-order valence-corrected chi connectivity index (χ4v) is 13.5. The van der Waals surface area contributed by atoms with Crippen molar-refractivity contribution in [2.24, 2.45) is 0 Å². The molecule has 0 unspecified atom stereocenters. The molecule has 0 radical (unpaired) electrons. The number of carboxylic acids is 2. The minimum Gasteiger partial charge on any atom is -0.477 e. The highest BCUT2D eigenvalue weighted by atomic mass is 16.8. The standard InChI is InChI=1S/C58H97NO50/c1-11(66)59-21-25(77)23(75)19(7-64)97-49(21)103-43-34(86)39(18(73)10-96-51-32(84)28(80)30(82)38(100-51)17(72)9-95-50-31(83)27(79)29(81)37(99-50)13(68)3-60)101-53(35(43)87)104-44-36(88)54(102-41(15(70)5-62)45(44)105-52-33(85)26(78)24(76)20(8-65)98-52)106-46-42(16(71)6-63)109-58(94,56(92)93)48(89)47(46)108-57(55(90)91)2-12(67)22(74)40(107-57)14(69)4-61/h12-54,60-65,67-89,94H,2-10H2,1H3,(H,59,66)(H,90,91)(H,92,93)/t12-,13-,14-,15+,16-,17+,18+,19-,20-,21-,22-,23-,24-,25-,26+,27+,28+,29+,30+,31+,32+,33-,34-,35+,36+,37-,38-,39-,40-,41-,42-,43+,44-,45-,46+,47+,48+,49+,50+,51+,52+,53-,54-,57+,58-/m1/s1. The molecule has 0 aromatic heterocycles. The molecule has 8 saturated heterocycles. The van der Waals surface area contributed by atoms with Crippen molar-refractivity contribution in [2.45, 2.75) is 288 Å².